The normalized spacial score (nSPS) is 11.1. The summed E-state index contributed by atoms with van der Waals surface area (Å²) in [5.41, 5.74) is 3.20. The summed E-state index contributed by atoms with van der Waals surface area (Å²) in [6.07, 6.45) is 1.85. The number of thiophene rings is 1. The molecule has 6 rings (SSSR count). The molecule has 0 unspecified atom stereocenters. The van der Waals surface area contributed by atoms with Gasteiger partial charge in [0.25, 0.3) is 0 Å². The minimum absolute atomic E-state index is 0. The third kappa shape index (κ3) is 8.08. The molecule has 0 aliphatic rings. The fourth-order valence-electron chi connectivity index (χ4n) is 5.90. The maximum Gasteiger partial charge on any atom is 0.201 e. The summed E-state index contributed by atoms with van der Waals surface area (Å²) in [7, 11) is 1.97. The van der Waals surface area contributed by atoms with Crippen molar-refractivity contribution < 1.29 is 18.4 Å². The van der Waals surface area contributed by atoms with Crippen molar-refractivity contribution in [1.82, 2.24) is 9.47 Å². The predicted molar refractivity (Wildman–Crippen MR) is 200 cm³/mol. The van der Waals surface area contributed by atoms with E-state index in [0.29, 0.717) is 41.8 Å². The lowest BCUT2D eigenvalue weighted by Crippen LogP contribution is -2.22. The molecule has 10 heteroatoms. The van der Waals surface area contributed by atoms with Gasteiger partial charge in [0.05, 0.1) is 17.5 Å². The van der Waals surface area contributed by atoms with Gasteiger partial charge in [0.2, 0.25) is 5.43 Å². The number of hydrogen-bond donors (Lipinski definition) is 1. The summed E-state index contributed by atoms with van der Waals surface area (Å²) in [5, 5.41) is 3.61. The van der Waals surface area contributed by atoms with Crippen LogP contribution in [-0.2, 0) is 24.4 Å². The van der Waals surface area contributed by atoms with Gasteiger partial charge in [-0.25, -0.2) is 8.78 Å². The molecule has 0 fully saturated rings. The Hall–Kier alpha value is -4.96. The number of carbonyl (C=O) groups is 2. The van der Waals surface area contributed by atoms with Gasteiger partial charge < -0.3 is 9.88 Å². The molecule has 6 aromatic rings. The molecule has 50 heavy (non-hydrogen) atoms. The van der Waals surface area contributed by atoms with Crippen LogP contribution in [0.1, 0.15) is 46.0 Å². The summed E-state index contributed by atoms with van der Waals surface area (Å²) in [6.45, 7) is 2.82. The molecule has 4 aromatic carbocycles. The Labute approximate surface area is 299 Å². The van der Waals surface area contributed by atoms with Crippen molar-refractivity contribution in [2.75, 3.05) is 18.9 Å². The standard InChI is InChI=1S/C40H35F2N3O3S.ClH/c1-26(46)20-21-43-30-18-16-29(17-19-30)39-32(23-44(2)22-27-10-5-3-6-11-27)36-38(48)33(37(47)28-12-7-4-8-13-28)25-45(40(36)49-39)24-31-34(41)14-9-15-35(31)42;/h3-19,25,43H,20-24H2,1-2H3;1H. The van der Waals surface area contributed by atoms with Gasteiger partial charge in [0, 0.05) is 53.9 Å². The first-order valence-electron chi connectivity index (χ1n) is 16.0. The molecular formula is C40H36ClF2N3O3S. The number of benzene rings is 4. The number of Topliss-reactive ketones (excluding diaryl/α,β-unsaturated/α-hetero) is 1. The third-order valence-corrected chi connectivity index (χ3v) is 9.67. The van der Waals surface area contributed by atoms with Gasteiger partial charge in [-0.2, -0.15) is 0 Å². The molecule has 0 saturated heterocycles. The van der Waals surface area contributed by atoms with Crippen LogP contribution in [0.2, 0.25) is 0 Å². The van der Waals surface area contributed by atoms with Crippen LogP contribution in [0.25, 0.3) is 20.7 Å². The van der Waals surface area contributed by atoms with Crippen LogP contribution in [0, 0.1) is 11.6 Å². The molecule has 0 atom stereocenters. The molecule has 1 N–H and O–H groups in total. The van der Waals surface area contributed by atoms with Crippen molar-refractivity contribution in [2.45, 2.75) is 33.0 Å². The van der Waals surface area contributed by atoms with E-state index in [9.17, 15) is 14.4 Å². The van der Waals surface area contributed by atoms with Crippen molar-refractivity contribution >= 4 is 51.2 Å². The van der Waals surface area contributed by atoms with Gasteiger partial charge in [-0.15, -0.1) is 23.7 Å². The Morgan fingerprint density at radius 1 is 0.820 bits per heavy atom. The molecule has 2 aromatic heterocycles. The number of carbonyl (C=O) groups excluding carboxylic acids is 2. The summed E-state index contributed by atoms with van der Waals surface area (Å²) in [4.78, 5) is 43.2. The molecule has 256 valence electrons. The first-order valence-corrected chi connectivity index (χ1v) is 16.8. The molecule has 0 bridgehead atoms. The van der Waals surface area contributed by atoms with Crippen molar-refractivity contribution in [2.24, 2.45) is 0 Å². The molecule has 0 spiro atoms. The van der Waals surface area contributed by atoms with Gasteiger partial charge in [-0.3, -0.25) is 19.3 Å². The van der Waals surface area contributed by atoms with Crippen molar-refractivity contribution in [3.63, 3.8) is 0 Å². The van der Waals surface area contributed by atoms with E-state index >= 15 is 8.78 Å². The highest BCUT2D eigenvalue weighted by Gasteiger charge is 2.25. The first-order chi connectivity index (χ1) is 23.7. The quantitative estimate of drug-likeness (QED) is 0.121. The van der Waals surface area contributed by atoms with E-state index in [-0.39, 0.29) is 35.9 Å². The van der Waals surface area contributed by atoms with E-state index in [1.807, 2.05) is 61.6 Å². The van der Waals surface area contributed by atoms with Crippen molar-refractivity contribution in [3.05, 3.63) is 159 Å². The SMILES string of the molecule is CC(=O)CCNc1ccc(-c2sc3c(c2CN(C)Cc2ccccc2)c(=O)c(C(=O)c2ccccc2)cn3Cc2c(F)cccc2F)cc1.Cl. The predicted octanol–water partition coefficient (Wildman–Crippen LogP) is 8.73. The second-order valence-electron chi connectivity index (χ2n) is 12.1. The monoisotopic (exact) mass is 711 g/mol. The lowest BCUT2D eigenvalue weighted by atomic mass is 10.00. The number of halogens is 3. The van der Waals surface area contributed by atoms with E-state index in [4.69, 9.17) is 0 Å². The van der Waals surface area contributed by atoms with Crippen LogP contribution in [0.5, 0.6) is 0 Å². The number of aromatic nitrogens is 1. The van der Waals surface area contributed by atoms with E-state index in [2.05, 4.69) is 10.2 Å². The van der Waals surface area contributed by atoms with E-state index in [1.165, 1.54) is 35.7 Å². The van der Waals surface area contributed by atoms with Gasteiger partial charge in [0.15, 0.2) is 5.78 Å². The van der Waals surface area contributed by atoms with E-state index < -0.39 is 22.8 Å². The zero-order valence-corrected chi connectivity index (χ0v) is 29.3. The zero-order chi connectivity index (χ0) is 34.5. The maximum atomic E-state index is 15.0. The molecule has 6 nitrogen and oxygen atoms in total. The average molecular weight is 712 g/mol. The fraction of sp³-hybridized carbons (Fsp3) is 0.175. The van der Waals surface area contributed by atoms with Crippen LogP contribution in [0.3, 0.4) is 0 Å². The number of rotatable bonds is 13. The fourth-order valence-corrected chi connectivity index (χ4v) is 7.19. The highest BCUT2D eigenvalue weighted by molar-refractivity contribution is 7.22. The van der Waals surface area contributed by atoms with Crippen molar-refractivity contribution in [1.29, 1.82) is 0 Å². The molecule has 0 saturated carbocycles. The number of nitrogens with zero attached hydrogens (tertiary/aromatic N) is 2. The molecule has 0 aliphatic carbocycles. The molecule has 0 radical (unpaired) electrons. The Bertz CT molecular complexity index is 2170. The topological polar surface area (TPSA) is 71.4 Å². The highest BCUT2D eigenvalue weighted by atomic mass is 35.5. The van der Waals surface area contributed by atoms with E-state index in [0.717, 1.165) is 27.3 Å². The van der Waals surface area contributed by atoms with Crippen LogP contribution in [0.4, 0.5) is 14.5 Å². The number of fused-ring (bicyclic) bond motifs is 1. The number of nitrogens with one attached hydrogen (secondary N) is 1. The maximum absolute atomic E-state index is 15.0. The van der Waals surface area contributed by atoms with Gasteiger partial charge in [0.1, 0.15) is 22.2 Å². The Balaban J connectivity index is 0.00000486. The number of ketones is 2. The zero-order valence-electron chi connectivity index (χ0n) is 27.6. The van der Waals surface area contributed by atoms with Gasteiger partial charge in [-0.1, -0.05) is 78.9 Å². The van der Waals surface area contributed by atoms with Crippen LogP contribution in [0.15, 0.2) is 114 Å². The van der Waals surface area contributed by atoms with Gasteiger partial charge in [-0.05, 0) is 54.9 Å². The van der Waals surface area contributed by atoms with Crippen LogP contribution >= 0.6 is 23.7 Å². The minimum Gasteiger partial charge on any atom is -0.385 e. The summed E-state index contributed by atoms with van der Waals surface area (Å²) in [5.74, 6) is -1.79. The highest BCUT2D eigenvalue weighted by Crippen LogP contribution is 2.39. The summed E-state index contributed by atoms with van der Waals surface area (Å²) < 4.78 is 31.7. The van der Waals surface area contributed by atoms with Crippen LogP contribution in [-0.4, -0.2) is 34.6 Å². The average Bonchev–Trinajstić information content (AvgIpc) is 3.47. The Morgan fingerprint density at radius 2 is 1.46 bits per heavy atom. The van der Waals surface area contributed by atoms with Gasteiger partial charge >= 0.3 is 0 Å². The number of anilines is 1. The molecule has 0 amide bonds. The van der Waals surface area contributed by atoms with E-state index in [1.54, 1.807) is 41.8 Å². The third-order valence-electron chi connectivity index (χ3n) is 8.35. The second kappa shape index (κ2) is 16.2. The minimum atomic E-state index is -0.713. The molecular weight excluding hydrogens is 676 g/mol. The lowest BCUT2D eigenvalue weighted by Gasteiger charge is -2.18. The smallest absolute Gasteiger partial charge is 0.201 e. The molecule has 0 aliphatic heterocycles. The number of pyridine rings is 1. The lowest BCUT2D eigenvalue weighted by molar-refractivity contribution is -0.116. The second-order valence-corrected chi connectivity index (χ2v) is 13.1. The Kier molecular flexibility index (Phi) is 11.7. The van der Waals surface area contributed by atoms with Crippen LogP contribution < -0.4 is 10.7 Å². The van der Waals surface area contributed by atoms with Crippen molar-refractivity contribution in [3.8, 4) is 10.4 Å². The Morgan fingerprint density at radius 3 is 2.10 bits per heavy atom. The number of hydrogen-bond acceptors (Lipinski definition) is 6. The molecule has 2 heterocycles. The summed E-state index contributed by atoms with van der Waals surface area (Å²) in [6, 6.07) is 29.9. The largest absolute Gasteiger partial charge is 0.385 e. The first kappa shape index (κ1) is 36.3. The summed E-state index contributed by atoms with van der Waals surface area (Å²) >= 11 is 1.36.